The van der Waals surface area contributed by atoms with Crippen molar-refractivity contribution in [3.8, 4) is 0 Å². The molecule has 0 amide bonds. The summed E-state index contributed by atoms with van der Waals surface area (Å²) in [4.78, 5) is 8.61. The molecule has 0 aliphatic heterocycles. The molecule has 2 aromatic carbocycles. The highest BCUT2D eigenvalue weighted by atomic mass is 15.0. The third-order valence-corrected chi connectivity index (χ3v) is 3.34. The Bertz CT molecular complexity index is 781. The Morgan fingerprint density at radius 2 is 1.90 bits per heavy atom. The van der Waals surface area contributed by atoms with Crippen molar-refractivity contribution in [2.45, 2.75) is 13.8 Å². The summed E-state index contributed by atoms with van der Waals surface area (Å²) in [5, 5.41) is 4.26. The largest absolute Gasteiger partial charge is 0.397 e. The van der Waals surface area contributed by atoms with Crippen molar-refractivity contribution in [3.63, 3.8) is 0 Å². The molecule has 0 aliphatic carbocycles. The third-order valence-electron chi connectivity index (χ3n) is 3.34. The number of fused-ring (bicyclic) bond motifs is 1. The lowest BCUT2D eigenvalue weighted by atomic mass is 10.1. The van der Waals surface area contributed by atoms with Gasteiger partial charge in [0.1, 0.15) is 12.1 Å². The topological polar surface area (TPSA) is 63.8 Å². The summed E-state index contributed by atoms with van der Waals surface area (Å²) in [6.07, 6.45) is 1.54. The predicted octanol–water partition coefficient (Wildman–Crippen LogP) is 3.57. The lowest BCUT2D eigenvalue weighted by Crippen LogP contribution is -1.99. The second-order valence-corrected chi connectivity index (χ2v) is 4.91. The predicted molar refractivity (Wildman–Crippen MR) is 83.1 cm³/mol. The van der Waals surface area contributed by atoms with Gasteiger partial charge in [0.2, 0.25) is 0 Å². The van der Waals surface area contributed by atoms with Crippen LogP contribution in [-0.2, 0) is 0 Å². The Morgan fingerprint density at radius 1 is 1.05 bits per heavy atom. The van der Waals surface area contributed by atoms with Crippen LogP contribution in [-0.4, -0.2) is 9.97 Å². The molecule has 0 bridgehead atoms. The Labute approximate surface area is 117 Å². The number of nitrogen functional groups attached to an aromatic ring is 1. The Hall–Kier alpha value is -2.62. The number of benzene rings is 2. The van der Waals surface area contributed by atoms with E-state index in [1.54, 1.807) is 0 Å². The van der Waals surface area contributed by atoms with E-state index in [4.69, 9.17) is 5.73 Å². The molecule has 0 spiro atoms. The number of hydrogen-bond donors (Lipinski definition) is 2. The van der Waals surface area contributed by atoms with Gasteiger partial charge in [-0.3, -0.25) is 0 Å². The van der Waals surface area contributed by atoms with E-state index >= 15 is 0 Å². The molecule has 4 heteroatoms. The molecule has 0 unspecified atom stereocenters. The standard InChI is InChI=1S/C16H16N4/c1-10-4-3-5-12(8-10)20-16-13-7-6-11(2)14(17)15(13)18-9-19-16/h3-9H,17H2,1-2H3,(H,18,19,20). The summed E-state index contributed by atoms with van der Waals surface area (Å²) < 4.78 is 0. The van der Waals surface area contributed by atoms with Gasteiger partial charge in [0.25, 0.3) is 0 Å². The minimum Gasteiger partial charge on any atom is -0.397 e. The number of nitrogens with zero attached hydrogens (tertiary/aromatic N) is 2. The highest BCUT2D eigenvalue weighted by molar-refractivity contribution is 5.98. The Balaban J connectivity index is 2.10. The van der Waals surface area contributed by atoms with Crippen LogP contribution in [0.2, 0.25) is 0 Å². The van der Waals surface area contributed by atoms with Gasteiger partial charge >= 0.3 is 0 Å². The summed E-state index contributed by atoms with van der Waals surface area (Å²) in [5.74, 6) is 0.771. The van der Waals surface area contributed by atoms with Crippen molar-refractivity contribution in [1.29, 1.82) is 0 Å². The molecule has 1 heterocycles. The quantitative estimate of drug-likeness (QED) is 0.694. The third kappa shape index (κ3) is 2.16. The van der Waals surface area contributed by atoms with Crippen LogP contribution in [0.15, 0.2) is 42.7 Å². The van der Waals surface area contributed by atoms with E-state index in [1.807, 2.05) is 31.2 Å². The monoisotopic (exact) mass is 264 g/mol. The first-order chi connectivity index (χ1) is 9.65. The summed E-state index contributed by atoms with van der Waals surface area (Å²) in [6.45, 7) is 4.04. The first kappa shape index (κ1) is 12.4. The van der Waals surface area contributed by atoms with Crippen LogP contribution >= 0.6 is 0 Å². The van der Waals surface area contributed by atoms with Crippen molar-refractivity contribution in [1.82, 2.24) is 9.97 Å². The maximum Gasteiger partial charge on any atom is 0.141 e. The average molecular weight is 264 g/mol. The Kier molecular flexibility index (Phi) is 2.99. The van der Waals surface area contributed by atoms with E-state index < -0.39 is 0 Å². The van der Waals surface area contributed by atoms with E-state index in [-0.39, 0.29) is 0 Å². The number of nitrogens with one attached hydrogen (secondary N) is 1. The Morgan fingerprint density at radius 3 is 2.70 bits per heavy atom. The minimum atomic E-state index is 0.706. The fourth-order valence-corrected chi connectivity index (χ4v) is 2.21. The number of aromatic nitrogens is 2. The zero-order chi connectivity index (χ0) is 14.1. The van der Waals surface area contributed by atoms with E-state index in [0.29, 0.717) is 5.69 Å². The zero-order valence-electron chi connectivity index (χ0n) is 11.5. The van der Waals surface area contributed by atoms with Crippen LogP contribution in [0.1, 0.15) is 11.1 Å². The van der Waals surface area contributed by atoms with Crippen molar-refractivity contribution in [2.24, 2.45) is 0 Å². The van der Waals surface area contributed by atoms with Crippen molar-refractivity contribution in [2.75, 3.05) is 11.1 Å². The lowest BCUT2D eigenvalue weighted by Gasteiger charge is -2.11. The van der Waals surface area contributed by atoms with Gasteiger partial charge in [-0.05, 0) is 43.2 Å². The second kappa shape index (κ2) is 4.81. The number of hydrogen-bond acceptors (Lipinski definition) is 4. The van der Waals surface area contributed by atoms with Crippen molar-refractivity contribution < 1.29 is 0 Å². The summed E-state index contributed by atoms with van der Waals surface area (Å²) >= 11 is 0. The van der Waals surface area contributed by atoms with Crippen LogP contribution in [0.5, 0.6) is 0 Å². The number of rotatable bonds is 2. The smallest absolute Gasteiger partial charge is 0.141 e. The summed E-state index contributed by atoms with van der Waals surface area (Å²) in [6, 6.07) is 12.1. The molecule has 0 atom stereocenters. The molecule has 3 aromatic rings. The maximum atomic E-state index is 6.09. The molecule has 20 heavy (non-hydrogen) atoms. The minimum absolute atomic E-state index is 0.706. The zero-order valence-corrected chi connectivity index (χ0v) is 11.5. The van der Waals surface area contributed by atoms with Gasteiger partial charge in [0.15, 0.2) is 0 Å². The SMILES string of the molecule is Cc1cccc(Nc2ncnc3c(N)c(C)ccc23)c1. The van der Waals surface area contributed by atoms with Gasteiger partial charge in [-0.25, -0.2) is 9.97 Å². The average Bonchev–Trinajstić information content (AvgIpc) is 2.43. The van der Waals surface area contributed by atoms with Gasteiger partial charge in [-0.2, -0.15) is 0 Å². The molecule has 0 fully saturated rings. The van der Waals surface area contributed by atoms with E-state index in [9.17, 15) is 0 Å². The normalized spacial score (nSPS) is 10.7. The molecule has 0 saturated heterocycles. The lowest BCUT2D eigenvalue weighted by molar-refractivity contribution is 1.21. The van der Waals surface area contributed by atoms with Crippen LogP contribution < -0.4 is 11.1 Å². The van der Waals surface area contributed by atoms with Gasteiger partial charge in [0.05, 0.1) is 11.2 Å². The molecule has 0 aliphatic rings. The summed E-state index contributed by atoms with van der Waals surface area (Å²) in [5.41, 5.74) is 10.8. The molecule has 0 saturated carbocycles. The summed E-state index contributed by atoms with van der Waals surface area (Å²) in [7, 11) is 0. The molecular formula is C16H16N4. The highest BCUT2D eigenvalue weighted by Crippen LogP contribution is 2.28. The van der Waals surface area contributed by atoms with Gasteiger partial charge in [-0.1, -0.05) is 18.2 Å². The first-order valence-corrected chi connectivity index (χ1v) is 6.48. The fourth-order valence-electron chi connectivity index (χ4n) is 2.21. The molecule has 4 nitrogen and oxygen atoms in total. The molecular weight excluding hydrogens is 248 g/mol. The molecule has 3 rings (SSSR count). The molecule has 1 aromatic heterocycles. The van der Waals surface area contributed by atoms with Crippen molar-refractivity contribution >= 4 is 28.1 Å². The van der Waals surface area contributed by atoms with E-state index in [0.717, 1.165) is 28.0 Å². The van der Waals surface area contributed by atoms with Crippen molar-refractivity contribution in [3.05, 3.63) is 53.9 Å². The van der Waals surface area contributed by atoms with Gasteiger partial charge < -0.3 is 11.1 Å². The first-order valence-electron chi connectivity index (χ1n) is 6.48. The number of nitrogens with two attached hydrogens (primary N) is 1. The van der Waals surface area contributed by atoms with Gasteiger partial charge in [-0.15, -0.1) is 0 Å². The maximum absolute atomic E-state index is 6.09. The van der Waals surface area contributed by atoms with E-state index in [2.05, 4.69) is 34.3 Å². The van der Waals surface area contributed by atoms with Gasteiger partial charge in [0, 0.05) is 11.1 Å². The molecule has 0 radical (unpaired) electrons. The van der Waals surface area contributed by atoms with Crippen LogP contribution in [0.25, 0.3) is 10.9 Å². The van der Waals surface area contributed by atoms with Crippen LogP contribution in [0, 0.1) is 13.8 Å². The second-order valence-electron chi connectivity index (χ2n) is 4.91. The van der Waals surface area contributed by atoms with E-state index in [1.165, 1.54) is 11.9 Å². The molecule has 100 valence electrons. The number of aryl methyl sites for hydroxylation is 2. The van der Waals surface area contributed by atoms with Crippen LogP contribution in [0.3, 0.4) is 0 Å². The highest BCUT2D eigenvalue weighted by Gasteiger charge is 2.08. The molecule has 3 N–H and O–H groups in total. The van der Waals surface area contributed by atoms with Crippen LogP contribution in [0.4, 0.5) is 17.2 Å². The number of anilines is 3. The fraction of sp³-hybridized carbons (Fsp3) is 0.125.